The second-order valence-electron chi connectivity index (χ2n) is 10.5. The van der Waals surface area contributed by atoms with Crippen LogP contribution in [0.25, 0.3) is 0 Å². The molecule has 4 aliphatic carbocycles. The number of carbonyl (C=O) groups excluding carboxylic acids is 2. The lowest BCUT2D eigenvalue weighted by Crippen LogP contribution is -2.65. The van der Waals surface area contributed by atoms with Crippen molar-refractivity contribution >= 4 is 11.8 Å². The maximum Gasteiger partial charge on any atom is 0.306 e. The number of hydrogen-bond acceptors (Lipinski definition) is 6. The summed E-state index contributed by atoms with van der Waals surface area (Å²) in [5, 5.41) is 33.5. The highest BCUT2D eigenvalue weighted by Gasteiger charge is 2.76. The van der Waals surface area contributed by atoms with Crippen LogP contribution in [0.15, 0.2) is 23.3 Å². The summed E-state index contributed by atoms with van der Waals surface area (Å²) in [6.07, 6.45) is 2.33. The van der Waals surface area contributed by atoms with Gasteiger partial charge in [-0.1, -0.05) is 39.8 Å². The lowest BCUT2D eigenvalue weighted by atomic mass is 9.59. The van der Waals surface area contributed by atoms with Gasteiger partial charge in [0, 0.05) is 12.3 Å². The van der Waals surface area contributed by atoms with Crippen LogP contribution in [-0.4, -0.2) is 51.5 Å². The van der Waals surface area contributed by atoms with E-state index >= 15 is 0 Å². The molecule has 6 nitrogen and oxygen atoms in total. The summed E-state index contributed by atoms with van der Waals surface area (Å²) in [6.45, 7) is 9.40. The zero-order chi connectivity index (χ0) is 22.2. The van der Waals surface area contributed by atoms with Gasteiger partial charge in [-0.05, 0) is 54.1 Å². The van der Waals surface area contributed by atoms with Crippen molar-refractivity contribution in [1.29, 1.82) is 0 Å². The first kappa shape index (κ1) is 21.7. The predicted molar refractivity (Wildman–Crippen MR) is 110 cm³/mol. The molecule has 6 heteroatoms. The Morgan fingerprint density at radius 2 is 2.00 bits per heavy atom. The van der Waals surface area contributed by atoms with Gasteiger partial charge in [-0.2, -0.15) is 0 Å². The molecular formula is C24H34O6. The summed E-state index contributed by atoms with van der Waals surface area (Å²) in [6, 6.07) is 0. The molecule has 0 unspecified atom stereocenters. The largest absolute Gasteiger partial charge is 0.455 e. The lowest BCUT2D eigenvalue weighted by molar-refractivity contribution is -0.203. The quantitative estimate of drug-likeness (QED) is 0.477. The van der Waals surface area contributed by atoms with E-state index in [4.69, 9.17) is 4.74 Å². The number of rotatable bonds is 4. The Kier molecular flexibility index (Phi) is 4.89. The minimum atomic E-state index is -2.04. The van der Waals surface area contributed by atoms with Crippen LogP contribution < -0.4 is 0 Å². The Labute approximate surface area is 178 Å². The molecule has 2 bridgehead atoms. The Morgan fingerprint density at radius 3 is 2.60 bits per heavy atom. The average Bonchev–Trinajstić information content (AvgIpc) is 3.16. The number of Topliss-reactive ketones (excluding diaryl/α,β-unsaturated/α-hetero) is 1. The number of esters is 1. The summed E-state index contributed by atoms with van der Waals surface area (Å²) < 4.78 is 5.68. The molecule has 0 saturated heterocycles. The highest BCUT2D eigenvalue weighted by atomic mass is 16.6. The van der Waals surface area contributed by atoms with Crippen molar-refractivity contribution in [1.82, 2.24) is 0 Å². The van der Waals surface area contributed by atoms with E-state index in [1.165, 1.54) is 0 Å². The first-order valence-corrected chi connectivity index (χ1v) is 11.1. The number of allylic oxidation sites excluding steroid dienone is 1. The van der Waals surface area contributed by atoms with Crippen molar-refractivity contribution in [2.24, 2.45) is 34.5 Å². The number of carbonyl (C=O) groups is 2. The van der Waals surface area contributed by atoms with Crippen molar-refractivity contribution in [3.05, 3.63) is 23.3 Å². The molecule has 0 radical (unpaired) electrons. The molecule has 166 valence electrons. The summed E-state index contributed by atoms with van der Waals surface area (Å²) in [5.41, 5.74) is -2.61. The van der Waals surface area contributed by atoms with Gasteiger partial charge in [-0.3, -0.25) is 9.59 Å². The number of ether oxygens (including phenoxy) is 1. The number of aliphatic hydroxyl groups is 3. The molecule has 4 aliphatic rings. The van der Waals surface area contributed by atoms with Crippen LogP contribution in [0, 0.1) is 34.5 Å². The second-order valence-corrected chi connectivity index (χ2v) is 10.5. The minimum Gasteiger partial charge on any atom is -0.455 e. The SMILES string of the molecule is CCCC(=O)O[C@H]1C(C)=C[C@@]23C(=O)[C@@H](C=C(CO)[C@@H](O)[C@]12O)[C@H]1[C@@H](C[C@H]3C)C1(C)C. The van der Waals surface area contributed by atoms with E-state index in [9.17, 15) is 24.9 Å². The fourth-order valence-electron chi connectivity index (χ4n) is 6.99. The summed E-state index contributed by atoms with van der Waals surface area (Å²) >= 11 is 0. The van der Waals surface area contributed by atoms with E-state index in [1.54, 1.807) is 19.1 Å². The molecule has 4 rings (SSSR count). The maximum absolute atomic E-state index is 14.1. The minimum absolute atomic E-state index is 0.00890. The molecular weight excluding hydrogens is 384 g/mol. The first-order chi connectivity index (χ1) is 14.0. The highest BCUT2D eigenvalue weighted by molar-refractivity contribution is 5.95. The van der Waals surface area contributed by atoms with Crippen molar-refractivity contribution in [2.75, 3.05) is 6.61 Å². The van der Waals surface area contributed by atoms with Gasteiger partial charge in [-0.15, -0.1) is 0 Å². The van der Waals surface area contributed by atoms with Crippen LogP contribution in [0.3, 0.4) is 0 Å². The van der Waals surface area contributed by atoms with Crippen LogP contribution in [0.1, 0.15) is 53.9 Å². The summed E-state index contributed by atoms with van der Waals surface area (Å²) in [7, 11) is 0. The van der Waals surface area contributed by atoms with E-state index < -0.39 is 41.7 Å². The van der Waals surface area contributed by atoms with Gasteiger partial charge in [0.2, 0.25) is 0 Å². The van der Waals surface area contributed by atoms with Crippen LogP contribution in [0.4, 0.5) is 0 Å². The molecule has 0 aliphatic heterocycles. The maximum atomic E-state index is 14.1. The topological polar surface area (TPSA) is 104 Å². The van der Waals surface area contributed by atoms with E-state index in [0.29, 0.717) is 17.9 Å². The van der Waals surface area contributed by atoms with E-state index in [2.05, 4.69) is 13.8 Å². The van der Waals surface area contributed by atoms with Gasteiger partial charge in [0.05, 0.1) is 12.0 Å². The average molecular weight is 419 g/mol. The summed E-state index contributed by atoms with van der Waals surface area (Å²) in [5.74, 6) is -0.909. The van der Waals surface area contributed by atoms with Crippen molar-refractivity contribution in [3.63, 3.8) is 0 Å². The van der Waals surface area contributed by atoms with Gasteiger partial charge in [0.15, 0.2) is 17.5 Å². The second kappa shape index (κ2) is 6.75. The molecule has 8 atom stereocenters. The lowest BCUT2D eigenvalue weighted by Gasteiger charge is -2.48. The molecule has 0 amide bonds. The third-order valence-electron chi connectivity index (χ3n) is 8.60. The van der Waals surface area contributed by atoms with E-state index in [1.807, 2.05) is 13.8 Å². The third-order valence-corrected chi connectivity index (χ3v) is 8.60. The van der Waals surface area contributed by atoms with E-state index in [0.717, 1.165) is 6.42 Å². The molecule has 30 heavy (non-hydrogen) atoms. The number of fused-ring (bicyclic) bond motifs is 3. The standard InChI is InChI=1S/C24H34O6/c1-6-7-17(26)30-21-12(2)10-23-13(3)8-16-18(22(16,4)5)15(20(23)28)9-14(11-25)19(27)24(21,23)29/h9-10,13,15-16,18-19,21,25,27,29H,6-8,11H2,1-5H3/t13-,15+,16-,18+,19-,21+,23-,24+/m1/s1. The summed E-state index contributed by atoms with van der Waals surface area (Å²) in [4.78, 5) is 26.5. The number of ketones is 1. The van der Waals surface area contributed by atoms with Gasteiger partial charge in [0.1, 0.15) is 6.10 Å². The Hall–Kier alpha value is -1.50. The Bertz CT molecular complexity index is 841. The normalized spacial score (nSPS) is 46.1. The smallest absolute Gasteiger partial charge is 0.306 e. The molecule has 3 N–H and O–H groups in total. The van der Waals surface area contributed by atoms with Gasteiger partial charge in [-0.25, -0.2) is 0 Å². The molecule has 0 aromatic carbocycles. The molecule has 2 saturated carbocycles. The van der Waals surface area contributed by atoms with Crippen LogP contribution >= 0.6 is 0 Å². The molecule has 0 aromatic heterocycles. The van der Waals surface area contributed by atoms with Crippen molar-refractivity contribution in [3.8, 4) is 0 Å². The van der Waals surface area contributed by atoms with Crippen LogP contribution in [0.5, 0.6) is 0 Å². The number of hydrogen-bond donors (Lipinski definition) is 3. The van der Waals surface area contributed by atoms with Gasteiger partial charge >= 0.3 is 5.97 Å². The van der Waals surface area contributed by atoms with Crippen LogP contribution in [0.2, 0.25) is 0 Å². The molecule has 1 spiro atoms. The fourth-order valence-corrected chi connectivity index (χ4v) is 6.99. The molecule has 0 aromatic rings. The van der Waals surface area contributed by atoms with Crippen molar-refractivity contribution in [2.45, 2.75) is 71.7 Å². The van der Waals surface area contributed by atoms with E-state index in [-0.39, 0.29) is 35.0 Å². The highest BCUT2D eigenvalue weighted by Crippen LogP contribution is 2.71. The Morgan fingerprint density at radius 1 is 1.33 bits per heavy atom. The zero-order valence-corrected chi connectivity index (χ0v) is 18.5. The van der Waals surface area contributed by atoms with Crippen LogP contribution in [-0.2, 0) is 14.3 Å². The monoisotopic (exact) mass is 418 g/mol. The van der Waals surface area contributed by atoms with Crippen molar-refractivity contribution < 1.29 is 29.6 Å². The zero-order valence-electron chi connectivity index (χ0n) is 18.5. The van der Waals surface area contributed by atoms with Gasteiger partial charge < -0.3 is 20.1 Å². The fraction of sp³-hybridized carbons (Fsp3) is 0.750. The number of aliphatic hydroxyl groups excluding tert-OH is 2. The van der Waals surface area contributed by atoms with Gasteiger partial charge in [0.25, 0.3) is 0 Å². The third kappa shape index (κ3) is 2.47. The molecule has 0 heterocycles. The molecule has 2 fully saturated rings. The first-order valence-electron chi connectivity index (χ1n) is 11.1. The Balaban J connectivity index is 1.90. The predicted octanol–water partition coefficient (Wildman–Crippen LogP) is 2.17.